The molecule has 2 rings (SSSR count). The number of ether oxygens (including phenoxy) is 2. The number of methoxy groups -OCH3 is 1. The number of rotatable bonds is 10. The molecule has 0 bridgehead atoms. The molecular formula is C20H30O3. The molecule has 1 aliphatic rings. The van der Waals surface area contributed by atoms with Crippen molar-refractivity contribution in [2.45, 2.75) is 57.3 Å². The summed E-state index contributed by atoms with van der Waals surface area (Å²) in [7, 11) is 1.75. The van der Waals surface area contributed by atoms with Crippen LogP contribution < -0.4 is 4.74 Å². The van der Waals surface area contributed by atoms with E-state index < -0.39 is 0 Å². The molecule has 0 aliphatic heterocycles. The van der Waals surface area contributed by atoms with Crippen LogP contribution in [-0.4, -0.2) is 26.6 Å². The van der Waals surface area contributed by atoms with E-state index in [1.165, 1.54) is 18.4 Å². The van der Waals surface area contributed by atoms with Crippen molar-refractivity contribution < 1.29 is 14.3 Å². The quantitative estimate of drug-likeness (QED) is 0.461. The zero-order valence-electron chi connectivity index (χ0n) is 14.3. The van der Waals surface area contributed by atoms with Gasteiger partial charge in [-0.3, -0.25) is 0 Å². The predicted molar refractivity (Wildman–Crippen MR) is 93.0 cm³/mol. The summed E-state index contributed by atoms with van der Waals surface area (Å²) in [6.07, 6.45) is 10.1. The van der Waals surface area contributed by atoms with E-state index in [1.54, 1.807) is 7.11 Å². The van der Waals surface area contributed by atoms with Crippen LogP contribution in [0.4, 0.5) is 0 Å². The molecule has 1 fully saturated rings. The van der Waals surface area contributed by atoms with Crippen LogP contribution in [0.25, 0.3) is 0 Å². The van der Waals surface area contributed by atoms with E-state index in [2.05, 4.69) is 24.3 Å². The van der Waals surface area contributed by atoms with Gasteiger partial charge in [0.05, 0.1) is 6.61 Å². The second kappa shape index (κ2) is 10.4. The molecule has 3 nitrogen and oxygen atoms in total. The van der Waals surface area contributed by atoms with Crippen molar-refractivity contribution in [3.05, 3.63) is 29.8 Å². The molecule has 0 heterocycles. The Hall–Kier alpha value is -1.35. The van der Waals surface area contributed by atoms with Crippen LogP contribution in [0.15, 0.2) is 24.3 Å². The Morgan fingerprint density at radius 2 is 1.61 bits per heavy atom. The van der Waals surface area contributed by atoms with Crippen molar-refractivity contribution in [3.8, 4) is 5.75 Å². The van der Waals surface area contributed by atoms with Gasteiger partial charge in [0.1, 0.15) is 12.0 Å². The number of unbranched alkanes of at least 4 members (excludes halogenated alkanes) is 3. The average molecular weight is 318 g/mol. The highest BCUT2D eigenvalue weighted by Crippen LogP contribution is 2.35. The van der Waals surface area contributed by atoms with Crippen molar-refractivity contribution >= 4 is 6.29 Å². The lowest BCUT2D eigenvalue weighted by atomic mass is 9.79. The average Bonchev–Trinajstić information content (AvgIpc) is 2.61. The number of carbonyl (C=O) groups excluding carboxylic acids is 1. The minimum absolute atomic E-state index is 0.290. The van der Waals surface area contributed by atoms with Crippen molar-refractivity contribution in [1.29, 1.82) is 0 Å². The lowest BCUT2D eigenvalue weighted by Crippen LogP contribution is -2.14. The van der Waals surface area contributed by atoms with E-state index in [9.17, 15) is 4.79 Å². The molecule has 1 aliphatic carbocycles. The van der Waals surface area contributed by atoms with E-state index in [1.807, 2.05) is 0 Å². The molecule has 1 aromatic rings. The Balaban J connectivity index is 1.65. The molecule has 0 unspecified atom stereocenters. The van der Waals surface area contributed by atoms with Crippen LogP contribution in [0.1, 0.15) is 62.8 Å². The van der Waals surface area contributed by atoms with Crippen molar-refractivity contribution in [1.82, 2.24) is 0 Å². The third-order valence-electron chi connectivity index (χ3n) is 4.83. The summed E-state index contributed by atoms with van der Waals surface area (Å²) in [4.78, 5) is 10.8. The number of aldehydes is 1. The molecule has 1 saturated carbocycles. The van der Waals surface area contributed by atoms with Gasteiger partial charge in [-0.2, -0.15) is 0 Å². The minimum atomic E-state index is 0.290. The zero-order chi connectivity index (χ0) is 16.3. The van der Waals surface area contributed by atoms with Gasteiger partial charge in [-0.05, 0) is 68.6 Å². The Kier molecular flexibility index (Phi) is 8.16. The largest absolute Gasteiger partial charge is 0.494 e. The summed E-state index contributed by atoms with van der Waals surface area (Å²) < 4.78 is 10.9. The standard InChI is InChI=1S/C20H30O3/c1-22-14-4-2-3-5-15-23-20-12-10-19(11-13-20)18-8-6-17(16-21)7-9-18/h10-13,16-18H,2-9,14-15H2,1H3. The molecule has 0 radical (unpaired) electrons. The molecule has 1 aromatic carbocycles. The van der Waals surface area contributed by atoms with Gasteiger partial charge in [0.25, 0.3) is 0 Å². The van der Waals surface area contributed by atoms with Crippen molar-refractivity contribution in [2.75, 3.05) is 20.3 Å². The summed E-state index contributed by atoms with van der Waals surface area (Å²) in [6, 6.07) is 8.57. The van der Waals surface area contributed by atoms with Gasteiger partial charge in [0.2, 0.25) is 0 Å². The van der Waals surface area contributed by atoms with Gasteiger partial charge in [0, 0.05) is 19.6 Å². The molecular weight excluding hydrogens is 288 g/mol. The highest BCUT2D eigenvalue weighted by molar-refractivity contribution is 5.53. The normalized spacial score (nSPS) is 21.1. The molecule has 23 heavy (non-hydrogen) atoms. The fourth-order valence-corrected chi connectivity index (χ4v) is 3.32. The minimum Gasteiger partial charge on any atom is -0.494 e. The fraction of sp³-hybridized carbons (Fsp3) is 0.650. The summed E-state index contributed by atoms with van der Waals surface area (Å²) in [6.45, 7) is 1.65. The second-order valence-electron chi connectivity index (χ2n) is 6.57. The van der Waals surface area contributed by atoms with Gasteiger partial charge in [-0.15, -0.1) is 0 Å². The number of carbonyl (C=O) groups is 1. The lowest BCUT2D eigenvalue weighted by Gasteiger charge is -2.25. The molecule has 0 N–H and O–H groups in total. The first kappa shape index (κ1) is 18.0. The zero-order valence-corrected chi connectivity index (χ0v) is 14.3. The van der Waals surface area contributed by atoms with Crippen molar-refractivity contribution in [2.24, 2.45) is 5.92 Å². The van der Waals surface area contributed by atoms with E-state index in [-0.39, 0.29) is 5.92 Å². The third-order valence-corrected chi connectivity index (χ3v) is 4.83. The maximum Gasteiger partial charge on any atom is 0.123 e. The van der Waals surface area contributed by atoms with Crippen LogP contribution in [0.3, 0.4) is 0 Å². The topological polar surface area (TPSA) is 35.5 Å². The summed E-state index contributed by atoms with van der Waals surface area (Å²) in [5, 5.41) is 0. The lowest BCUT2D eigenvalue weighted by molar-refractivity contribution is -0.111. The van der Waals surface area contributed by atoms with Crippen LogP contribution in [0, 0.1) is 5.92 Å². The Bertz CT molecular complexity index is 433. The summed E-state index contributed by atoms with van der Waals surface area (Å²) >= 11 is 0. The van der Waals surface area contributed by atoms with Crippen LogP contribution in [0.2, 0.25) is 0 Å². The highest BCUT2D eigenvalue weighted by Gasteiger charge is 2.21. The smallest absolute Gasteiger partial charge is 0.123 e. The van der Waals surface area contributed by atoms with E-state index in [0.29, 0.717) is 5.92 Å². The first-order valence-corrected chi connectivity index (χ1v) is 9.00. The van der Waals surface area contributed by atoms with Crippen molar-refractivity contribution in [3.63, 3.8) is 0 Å². The third kappa shape index (κ3) is 6.34. The molecule has 0 amide bonds. The molecule has 0 saturated heterocycles. The van der Waals surface area contributed by atoms with Gasteiger partial charge < -0.3 is 14.3 Å². The van der Waals surface area contributed by atoms with Crippen LogP contribution >= 0.6 is 0 Å². The number of hydrogen-bond acceptors (Lipinski definition) is 3. The Morgan fingerprint density at radius 3 is 2.22 bits per heavy atom. The van der Waals surface area contributed by atoms with Gasteiger partial charge in [0.15, 0.2) is 0 Å². The maximum absolute atomic E-state index is 10.8. The van der Waals surface area contributed by atoms with Gasteiger partial charge in [-0.1, -0.05) is 18.6 Å². The van der Waals surface area contributed by atoms with E-state index >= 15 is 0 Å². The first-order chi connectivity index (χ1) is 11.3. The highest BCUT2D eigenvalue weighted by atomic mass is 16.5. The number of hydrogen-bond donors (Lipinski definition) is 0. The maximum atomic E-state index is 10.8. The molecule has 0 atom stereocenters. The number of benzene rings is 1. The van der Waals surface area contributed by atoms with E-state index in [0.717, 1.165) is 63.8 Å². The summed E-state index contributed by atoms with van der Waals surface area (Å²) in [5.41, 5.74) is 1.39. The predicted octanol–water partition coefficient (Wildman–Crippen LogP) is 4.74. The molecule has 0 spiro atoms. The van der Waals surface area contributed by atoms with Crippen LogP contribution in [0.5, 0.6) is 5.75 Å². The second-order valence-corrected chi connectivity index (χ2v) is 6.57. The SMILES string of the molecule is COCCCCCCOc1ccc(C2CCC(C=O)CC2)cc1. The van der Waals surface area contributed by atoms with Crippen LogP contribution in [-0.2, 0) is 9.53 Å². The first-order valence-electron chi connectivity index (χ1n) is 9.00. The summed E-state index contributed by atoms with van der Waals surface area (Å²) in [5.74, 6) is 1.87. The molecule has 0 aromatic heterocycles. The van der Waals surface area contributed by atoms with Gasteiger partial charge >= 0.3 is 0 Å². The van der Waals surface area contributed by atoms with Gasteiger partial charge in [-0.25, -0.2) is 0 Å². The molecule has 3 heteroatoms. The fourth-order valence-electron chi connectivity index (χ4n) is 3.32. The molecule has 128 valence electrons. The van der Waals surface area contributed by atoms with E-state index in [4.69, 9.17) is 9.47 Å². The monoisotopic (exact) mass is 318 g/mol. The Morgan fingerprint density at radius 1 is 0.957 bits per heavy atom. The Labute approximate surface area is 140 Å².